The van der Waals surface area contributed by atoms with Crippen molar-refractivity contribution < 1.29 is 9.53 Å². The number of nitrogens with two attached hydrogens (primary N) is 1. The van der Waals surface area contributed by atoms with E-state index < -0.39 is 0 Å². The Hall–Kier alpha value is -1.55. The van der Waals surface area contributed by atoms with E-state index in [2.05, 4.69) is 13.8 Å². The number of hydrogen-bond acceptors (Lipinski definition) is 3. The highest BCUT2D eigenvalue weighted by atomic mass is 16.5. The average molecular weight is 264 g/mol. The fourth-order valence-corrected chi connectivity index (χ4v) is 1.96. The summed E-state index contributed by atoms with van der Waals surface area (Å²) in [4.78, 5) is 14.3. The van der Waals surface area contributed by atoms with Crippen LogP contribution in [-0.4, -0.2) is 37.1 Å². The lowest BCUT2D eigenvalue weighted by Gasteiger charge is -2.28. The smallest absolute Gasteiger partial charge is 0.227 e. The SMILES string of the molecule is CCC(C)N(CCOC)C(=O)Cc1ccccc1N. The Morgan fingerprint density at radius 2 is 2.11 bits per heavy atom. The predicted octanol–water partition coefficient (Wildman–Crippen LogP) is 2.08. The highest BCUT2D eigenvalue weighted by molar-refractivity contribution is 5.80. The summed E-state index contributed by atoms with van der Waals surface area (Å²) in [5.41, 5.74) is 7.44. The molecule has 0 aliphatic carbocycles. The van der Waals surface area contributed by atoms with Crippen LogP contribution in [-0.2, 0) is 16.0 Å². The summed E-state index contributed by atoms with van der Waals surface area (Å²) >= 11 is 0. The Balaban J connectivity index is 2.74. The summed E-state index contributed by atoms with van der Waals surface area (Å²) in [5, 5.41) is 0. The summed E-state index contributed by atoms with van der Waals surface area (Å²) in [6.45, 7) is 5.31. The summed E-state index contributed by atoms with van der Waals surface area (Å²) in [6, 6.07) is 7.72. The Labute approximate surface area is 115 Å². The Morgan fingerprint density at radius 3 is 2.68 bits per heavy atom. The number of carbonyl (C=O) groups is 1. The lowest BCUT2D eigenvalue weighted by atomic mass is 10.1. The maximum atomic E-state index is 12.4. The van der Waals surface area contributed by atoms with E-state index in [1.54, 1.807) is 7.11 Å². The fourth-order valence-electron chi connectivity index (χ4n) is 1.96. The minimum Gasteiger partial charge on any atom is -0.398 e. The maximum absolute atomic E-state index is 12.4. The van der Waals surface area contributed by atoms with E-state index in [1.807, 2.05) is 29.2 Å². The second-order valence-electron chi connectivity index (χ2n) is 4.71. The van der Waals surface area contributed by atoms with Crippen molar-refractivity contribution in [2.75, 3.05) is 26.0 Å². The van der Waals surface area contributed by atoms with Crippen molar-refractivity contribution in [3.63, 3.8) is 0 Å². The van der Waals surface area contributed by atoms with Crippen LogP contribution in [0.2, 0.25) is 0 Å². The van der Waals surface area contributed by atoms with Gasteiger partial charge in [0.25, 0.3) is 0 Å². The third-order valence-electron chi connectivity index (χ3n) is 3.38. The third kappa shape index (κ3) is 4.56. The number of hydrogen-bond donors (Lipinski definition) is 1. The molecule has 19 heavy (non-hydrogen) atoms. The fraction of sp³-hybridized carbons (Fsp3) is 0.533. The van der Waals surface area contributed by atoms with Crippen molar-refractivity contribution in [2.45, 2.75) is 32.7 Å². The second-order valence-corrected chi connectivity index (χ2v) is 4.71. The number of carbonyl (C=O) groups excluding carboxylic acids is 1. The predicted molar refractivity (Wildman–Crippen MR) is 77.9 cm³/mol. The highest BCUT2D eigenvalue weighted by Gasteiger charge is 2.19. The molecule has 0 aromatic heterocycles. The van der Waals surface area contributed by atoms with Gasteiger partial charge in [-0.05, 0) is 25.0 Å². The minimum absolute atomic E-state index is 0.101. The first kappa shape index (κ1) is 15.5. The van der Waals surface area contributed by atoms with Gasteiger partial charge in [0.2, 0.25) is 5.91 Å². The lowest BCUT2D eigenvalue weighted by molar-refractivity contribution is -0.133. The minimum atomic E-state index is 0.101. The highest BCUT2D eigenvalue weighted by Crippen LogP contribution is 2.14. The molecule has 0 bridgehead atoms. The van der Waals surface area contributed by atoms with Gasteiger partial charge < -0.3 is 15.4 Å². The molecule has 4 nitrogen and oxygen atoms in total. The maximum Gasteiger partial charge on any atom is 0.227 e. The number of ether oxygens (including phenoxy) is 1. The molecular formula is C15H24N2O2. The average Bonchev–Trinajstić information content (AvgIpc) is 2.41. The van der Waals surface area contributed by atoms with Crippen LogP contribution in [0.5, 0.6) is 0 Å². The molecule has 1 amide bonds. The van der Waals surface area contributed by atoms with Crippen molar-refractivity contribution >= 4 is 11.6 Å². The number of amides is 1. The lowest BCUT2D eigenvalue weighted by Crippen LogP contribution is -2.41. The first-order valence-corrected chi connectivity index (χ1v) is 6.71. The molecule has 1 rings (SSSR count). The quantitative estimate of drug-likeness (QED) is 0.767. The molecule has 1 aromatic rings. The van der Waals surface area contributed by atoms with Gasteiger partial charge in [-0.25, -0.2) is 0 Å². The number of benzene rings is 1. The van der Waals surface area contributed by atoms with Crippen LogP contribution in [0.3, 0.4) is 0 Å². The largest absolute Gasteiger partial charge is 0.398 e. The number of nitrogen functional groups attached to an aromatic ring is 1. The van der Waals surface area contributed by atoms with Gasteiger partial charge in [0.05, 0.1) is 13.0 Å². The monoisotopic (exact) mass is 264 g/mol. The normalized spacial score (nSPS) is 12.2. The Morgan fingerprint density at radius 1 is 1.42 bits per heavy atom. The molecular weight excluding hydrogens is 240 g/mol. The number of para-hydroxylation sites is 1. The molecule has 1 aromatic carbocycles. The number of methoxy groups -OCH3 is 1. The van der Waals surface area contributed by atoms with E-state index in [-0.39, 0.29) is 11.9 Å². The standard InChI is InChI=1S/C15H24N2O2/c1-4-12(2)17(9-10-19-3)15(18)11-13-7-5-6-8-14(13)16/h5-8,12H,4,9-11,16H2,1-3H3. The molecule has 1 unspecified atom stereocenters. The van der Waals surface area contributed by atoms with Crippen LogP contribution >= 0.6 is 0 Å². The van der Waals surface area contributed by atoms with Gasteiger partial charge in [-0.3, -0.25) is 4.79 Å². The number of nitrogens with zero attached hydrogens (tertiary/aromatic N) is 1. The molecule has 0 saturated heterocycles. The van der Waals surface area contributed by atoms with Crippen LogP contribution in [0, 0.1) is 0 Å². The van der Waals surface area contributed by atoms with Crippen LogP contribution in [0.25, 0.3) is 0 Å². The molecule has 0 fully saturated rings. The molecule has 0 heterocycles. The summed E-state index contributed by atoms with van der Waals surface area (Å²) in [5.74, 6) is 0.101. The van der Waals surface area contributed by atoms with E-state index in [0.717, 1.165) is 12.0 Å². The van der Waals surface area contributed by atoms with Gasteiger partial charge in [0, 0.05) is 25.4 Å². The van der Waals surface area contributed by atoms with Crippen molar-refractivity contribution in [3.05, 3.63) is 29.8 Å². The van der Waals surface area contributed by atoms with Crippen LogP contribution in [0.4, 0.5) is 5.69 Å². The van der Waals surface area contributed by atoms with Gasteiger partial charge in [-0.15, -0.1) is 0 Å². The van der Waals surface area contributed by atoms with E-state index in [9.17, 15) is 4.79 Å². The number of rotatable bonds is 7. The summed E-state index contributed by atoms with van der Waals surface area (Å²) in [6.07, 6.45) is 1.28. The van der Waals surface area contributed by atoms with E-state index in [4.69, 9.17) is 10.5 Å². The van der Waals surface area contributed by atoms with Gasteiger partial charge in [-0.2, -0.15) is 0 Å². The molecule has 1 atom stereocenters. The first-order valence-electron chi connectivity index (χ1n) is 6.71. The van der Waals surface area contributed by atoms with Gasteiger partial charge >= 0.3 is 0 Å². The first-order chi connectivity index (χ1) is 9.10. The van der Waals surface area contributed by atoms with Crippen LogP contribution in [0.15, 0.2) is 24.3 Å². The van der Waals surface area contributed by atoms with E-state index >= 15 is 0 Å². The molecule has 0 radical (unpaired) electrons. The molecule has 0 aliphatic heterocycles. The summed E-state index contributed by atoms with van der Waals surface area (Å²) in [7, 11) is 1.65. The molecule has 0 saturated carbocycles. The summed E-state index contributed by atoms with van der Waals surface area (Å²) < 4.78 is 5.07. The molecule has 2 N–H and O–H groups in total. The Kier molecular flexibility index (Phi) is 6.36. The van der Waals surface area contributed by atoms with Gasteiger partial charge in [-0.1, -0.05) is 25.1 Å². The molecule has 0 spiro atoms. The zero-order chi connectivity index (χ0) is 14.3. The van der Waals surface area contributed by atoms with Gasteiger partial charge in [0.1, 0.15) is 0 Å². The van der Waals surface area contributed by atoms with Crippen molar-refractivity contribution in [3.8, 4) is 0 Å². The van der Waals surface area contributed by atoms with Crippen molar-refractivity contribution in [1.29, 1.82) is 0 Å². The zero-order valence-corrected chi connectivity index (χ0v) is 12.1. The molecule has 106 valence electrons. The second kappa shape index (κ2) is 7.79. The topological polar surface area (TPSA) is 55.6 Å². The molecule has 0 aliphatic rings. The number of anilines is 1. The Bertz CT molecular complexity index is 407. The van der Waals surface area contributed by atoms with Gasteiger partial charge in [0.15, 0.2) is 0 Å². The van der Waals surface area contributed by atoms with Crippen molar-refractivity contribution in [1.82, 2.24) is 4.90 Å². The van der Waals surface area contributed by atoms with E-state index in [0.29, 0.717) is 25.3 Å². The molecule has 4 heteroatoms. The van der Waals surface area contributed by atoms with Crippen LogP contribution in [0.1, 0.15) is 25.8 Å². The zero-order valence-electron chi connectivity index (χ0n) is 12.1. The van der Waals surface area contributed by atoms with Crippen molar-refractivity contribution in [2.24, 2.45) is 0 Å². The third-order valence-corrected chi connectivity index (χ3v) is 3.38. The van der Waals surface area contributed by atoms with Crippen LogP contribution < -0.4 is 5.73 Å². The van der Waals surface area contributed by atoms with E-state index in [1.165, 1.54) is 0 Å².